The number of carboxylic acids is 1. The Labute approximate surface area is 167 Å². The summed E-state index contributed by atoms with van der Waals surface area (Å²) in [6, 6.07) is -0.338. The Morgan fingerprint density at radius 1 is 1.04 bits per heavy atom. The van der Waals surface area contributed by atoms with Gasteiger partial charge in [0.2, 0.25) is 5.91 Å². The summed E-state index contributed by atoms with van der Waals surface area (Å²) in [4.78, 5) is 28.7. The number of ether oxygens (including phenoxy) is 1. The van der Waals surface area contributed by atoms with Gasteiger partial charge in [-0.3, -0.25) is 14.5 Å². The average Bonchev–Trinajstić information content (AvgIpc) is 2.75. The molecule has 7 nitrogen and oxygen atoms in total. The first-order valence-electron chi connectivity index (χ1n) is 11.1. The fourth-order valence-electron chi connectivity index (χ4n) is 5.68. The van der Waals surface area contributed by atoms with Crippen molar-refractivity contribution in [2.24, 2.45) is 17.1 Å². The van der Waals surface area contributed by atoms with Gasteiger partial charge in [0.25, 0.3) is 0 Å². The van der Waals surface area contributed by atoms with Crippen LogP contribution in [-0.2, 0) is 14.3 Å². The molecular weight excluding hydrogens is 358 g/mol. The Bertz CT molecular complexity index is 572. The second kappa shape index (κ2) is 7.92. The topological polar surface area (TPSA) is 96.1 Å². The number of carbonyl (C=O) groups is 2. The third kappa shape index (κ3) is 3.81. The number of hydrogen-bond donors (Lipinski definition) is 2. The smallest absolute Gasteiger partial charge is 0.311 e. The van der Waals surface area contributed by atoms with E-state index in [0.29, 0.717) is 12.5 Å². The maximum atomic E-state index is 12.8. The van der Waals surface area contributed by atoms with E-state index in [0.717, 1.165) is 71.2 Å². The van der Waals surface area contributed by atoms with Gasteiger partial charge in [-0.15, -0.1) is 0 Å². The van der Waals surface area contributed by atoms with Gasteiger partial charge in [0, 0.05) is 32.7 Å². The predicted molar refractivity (Wildman–Crippen MR) is 105 cm³/mol. The molecule has 3 heterocycles. The first-order chi connectivity index (χ1) is 13.4. The van der Waals surface area contributed by atoms with Gasteiger partial charge in [0.05, 0.1) is 23.7 Å². The molecule has 5 rings (SSSR count). The van der Waals surface area contributed by atoms with Crippen LogP contribution in [0.5, 0.6) is 0 Å². The molecule has 0 aromatic carbocycles. The third-order valence-electron chi connectivity index (χ3n) is 7.87. The highest BCUT2D eigenvalue weighted by molar-refractivity contribution is 5.82. The summed E-state index contributed by atoms with van der Waals surface area (Å²) in [5.74, 6) is -0.227. The first kappa shape index (κ1) is 20.1. The van der Waals surface area contributed by atoms with Crippen LogP contribution in [0.3, 0.4) is 0 Å². The quantitative estimate of drug-likeness (QED) is 0.734. The Kier molecular flexibility index (Phi) is 5.69. The lowest BCUT2D eigenvalue weighted by atomic mass is 9.66. The van der Waals surface area contributed by atoms with Gasteiger partial charge in [-0.05, 0) is 44.4 Å². The molecule has 0 unspecified atom stereocenters. The molecule has 0 aromatic rings. The van der Waals surface area contributed by atoms with Gasteiger partial charge in [-0.2, -0.15) is 0 Å². The molecule has 2 aliphatic carbocycles. The van der Waals surface area contributed by atoms with E-state index in [1.807, 2.05) is 4.90 Å². The van der Waals surface area contributed by atoms with E-state index in [2.05, 4.69) is 4.90 Å². The zero-order chi connectivity index (χ0) is 19.8. The van der Waals surface area contributed by atoms with Crippen LogP contribution in [-0.4, -0.2) is 77.8 Å². The second-order valence-corrected chi connectivity index (χ2v) is 9.58. The number of carbonyl (C=O) groups excluding carboxylic acids is 1. The summed E-state index contributed by atoms with van der Waals surface area (Å²) in [7, 11) is 0. The molecule has 7 heteroatoms. The number of rotatable bonds is 5. The average molecular weight is 394 g/mol. The van der Waals surface area contributed by atoms with E-state index >= 15 is 0 Å². The molecule has 3 aliphatic heterocycles. The lowest BCUT2D eigenvalue weighted by Gasteiger charge is -2.53. The van der Waals surface area contributed by atoms with Crippen molar-refractivity contribution in [3.05, 3.63) is 0 Å². The highest BCUT2D eigenvalue weighted by Crippen LogP contribution is 2.49. The number of aliphatic carboxylic acids is 1. The van der Waals surface area contributed by atoms with Crippen LogP contribution >= 0.6 is 0 Å². The van der Waals surface area contributed by atoms with Crippen LogP contribution in [0, 0.1) is 11.3 Å². The van der Waals surface area contributed by atoms with Crippen LogP contribution in [0.1, 0.15) is 57.8 Å². The van der Waals surface area contributed by atoms with Crippen molar-refractivity contribution < 1.29 is 19.4 Å². The van der Waals surface area contributed by atoms with Gasteiger partial charge in [-0.1, -0.05) is 19.3 Å². The fourth-order valence-corrected chi connectivity index (χ4v) is 5.68. The highest BCUT2D eigenvalue weighted by Gasteiger charge is 2.54. The van der Waals surface area contributed by atoms with Crippen molar-refractivity contribution in [1.82, 2.24) is 9.80 Å². The van der Waals surface area contributed by atoms with E-state index in [4.69, 9.17) is 10.5 Å². The number of piperazine rings is 1. The fraction of sp³-hybridized carbons (Fsp3) is 0.905. The van der Waals surface area contributed by atoms with Gasteiger partial charge in [0.1, 0.15) is 0 Å². The minimum atomic E-state index is -0.706. The number of carboxylic acid groups (broad SMARTS) is 1. The van der Waals surface area contributed by atoms with Gasteiger partial charge < -0.3 is 20.5 Å². The van der Waals surface area contributed by atoms with E-state index in [-0.39, 0.29) is 17.6 Å². The van der Waals surface area contributed by atoms with Crippen molar-refractivity contribution in [2.45, 2.75) is 69.4 Å². The Morgan fingerprint density at radius 3 is 2.21 bits per heavy atom. The van der Waals surface area contributed by atoms with Crippen LogP contribution in [0.2, 0.25) is 0 Å². The Hall–Kier alpha value is -1.18. The highest BCUT2D eigenvalue weighted by atomic mass is 16.5. The number of fused-ring (bicyclic) bond motifs is 3. The molecule has 1 amide bonds. The lowest BCUT2D eigenvalue weighted by molar-refractivity contribution is -0.206. The molecule has 2 saturated carbocycles. The third-order valence-corrected chi connectivity index (χ3v) is 7.87. The molecule has 28 heavy (non-hydrogen) atoms. The molecule has 5 fully saturated rings. The predicted octanol–water partition coefficient (Wildman–Crippen LogP) is 1.45. The van der Waals surface area contributed by atoms with E-state index < -0.39 is 11.4 Å². The SMILES string of the molecule is N[C@@H](C(=O)N1CCN(CC23CCC(C(=O)O)(CC2)CO3)CC1)C1CCCCC1. The summed E-state index contributed by atoms with van der Waals surface area (Å²) >= 11 is 0. The van der Waals surface area contributed by atoms with Crippen molar-refractivity contribution >= 4 is 11.9 Å². The lowest BCUT2D eigenvalue weighted by Crippen LogP contribution is -2.61. The van der Waals surface area contributed by atoms with Crippen LogP contribution in [0.15, 0.2) is 0 Å². The molecule has 0 spiro atoms. The first-order valence-corrected chi connectivity index (χ1v) is 11.1. The number of amides is 1. The summed E-state index contributed by atoms with van der Waals surface area (Å²) in [5, 5.41) is 9.50. The number of nitrogens with two attached hydrogens (primary N) is 1. The molecular formula is C21H35N3O4. The largest absolute Gasteiger partial charge is 0.481 e. The monoisotopic (exact) mass is 393 g/mol. The van der Waals surface area contributed by atoms with Crippen LogP contribution < -0.4 is 5.73 Å². The summed E-state index contributed by atoms with van der Waals surface area (Å²) in [5.41, 5.74) is 5.48. The molecule has 3 N–H and O–H groups in total. The van der Waals surface area contributed by atoms with Gasteiger partial charge in [-0.25, -0.2) is 0 Å². The van der Waals surface area contributed by atoms with E-state index in [9.17, 15) is 14.7 Å². The molecule has 3 saturated heterocycles. The molecule has 2 bridgehead atoms. The van der Waals surface area contributed by atoms with Crippen LogP contribution in [0.25, 0.3) is 0 Å². The molecule has 1 atom stereocenters. The molecule has 5 aliphatic rings. The number of hydrogen-bond acceptors (Lipinski definition) is 5. The maximum Gasteiger partial charge on any atom is 0.311 e. The molecule has 158 valence electrons. The van der Waals surface area contributed by atoms with Crippen LogP contribution in [0.4, 0.5) is 0 Å². The number of nitrogens with zero attached hydrogens (tertiary/aromatic N) is 2. The maximum absolute atomic E-state index is 12.8. The molecule has 0 aromatic heterocycles. The van der Waals surface area contributed by atoms with Crippen molar-refractivity contribution in [3.63, 3.8) is 0 Å². The van der Waals surface area contributed by atoms with Gasteiger partial charge >= 0.3 is 5.97 Å². The van der Waals surface area contributed by atoms with E-state index in [1.54, 1.807) is 0 Å². The standard InChI is InChI=1S/C21H35N3O4/c22-17(16-4-2-1-3-5-16)18(25)24-12-10-23(11-13-24)14-21-8-6-20(7-9-21,15-28-21)19(26)27/h16-17H,1-15,22H2,(H,26,27)/t17-,20?,21?/m1/s1. The minimum Gasteiger partial charge on any atom is -0.481 e. The van der Waals surface area contributed by atoms with E-state index in [1.165, 1.54) is 19.3 Å². The summed E-state index contributed by atoms with van der Waals surface area (Å²) in [6.07, 6.45) is 8.93. The van der Waals surface area contributed by atoms with Gasteiger partial charge in [0.15, 0.2) is 0 Å². The molecule has 0 radical (unpaired) electrons. The summed E-state index contributed by atoms with van der Waals surface area (Å²) in [6.45, 7) is 4.34. The minimum absolute atomic E-state index is 0.127. The van der Waals surface area contributed by atoms with Crippen molar-refractivity contribution in [1.29, 1.82) is 0 Å². The summed E-state index contributed by atoms with van der Waals surface area (Å²) < 4.78 is 6.10. The zero-order valence-electron chi connectivity index (χ0n) is 16.9. The Balaban J connectivity index is 1.26. The normalized spacial score (nSPS) is 35.7. The second-order valence-electron chi connectivity index (χ2n) is 9.58. The van der Waals surface area contributed by atoms with Crippen molar-refractivity contribution in [2.75, 3.05) is 39.3 Å². The Morgan fingerprint density at radius 2 is 1.68 bits per heavy atom. The zero-order valence-corrected chi connectivity index (χ0v) is 16.9. The van der Waals surface area contributed by atoms with Crippen molar-refractivity contribution in [3.8, 4) is 0 Å².